The van der Waals surface area contributed by atoms with Crippen molar-refractivity contribution >= 4 is 22.5 Å². The van der Waals surface area contributed by atoms with Crippen LogP contribution in [0.2, 0.25) is 0 Å². The Bertz CT molecular complexity index is 975. The summed E-state index contributed by atoms with van der Waals surface area (Å²) < 4.78 is 15.5. The van der Waals surface area contributed by atoms with Gasteiger partial charge < -0.3 is 5.73 Å². The quantitative estimate of drug-likeness (QED) is 0.542. The number of halogens is 1. The van der Waals surface area contributed by atoms with Crippen molar-refractivity contribution in [1.82, 2.24) is 14.4 Å². The van der Waals surface area contributed by atoms with Gasteiger partial charge in [0.1, 0.15) is 5.82 Å². The number of nitrogens with two attached hydrogens (primary N) is 1. The molecule has 4 nitrogen and oxygen atoms in total. The summed E-state index contributed by atoms with van der Waals surface area (Å²) in [6, 6.07) is 14.3. The molecule has 4 aromatic rings. The van der Waals surface area contributed by atoms with Crippen LogP contribution in [0.4, 0.5) is 10.1 Å². The van der Waals surface area contributed by atoms with Gasteiger partial charge in [0, 0.05) is 11.8 Å². The Hall–Kier alpha value is -2.95. The first-order chi connectivity index (χ1) is 10.2. The zero-order chi connectivity index (χ0) is 14.4. The Labute approximate surface area is 127 Å². The maximum Gasteiger partial charge on any atom is 0.235 e. The second kappa shape index (κ2) is 5.11. The highest BCUT2D eigenvalue weighted by molar-refractivity contribution is 5.80. The second-order valence-corrected chi connectivity index (χ2v) is 4.82. The third-order valence-corrected chi connectivity index (χ3v) is 3.48. The van der Waals surface area contributed by atoms with Crippen molar-refractivity contribution in [2.24, 2.45) is 0 Å². The molecule has 110 valence electrons. The van der Waals surface area contributed by atoms with Crippen LogP contribution in [0.25, 0.3) is 28.1 Å². The maximum atomic E-state index is 13.6. The molecule has 0 unspecified atom stereocenters. The van der Waals surface area contributed by atoms with Crippen LogP contribution in [0, 0.1) is 5.82 Å². The Morgan fingerprint density at radius 1 is 1.00 bits per heavy atom. The van der Waals surface area contributed by atoms with Gasteiger partial charge in [0.05, 0.1) is 22.4 Å². The summed E-state index contributed by atoms with van der Waals surface area (Å²) in [5.41, 5.74) is 8.84. The third-order valence-electron chi connectivity index (χ3n) is 3.48. The molecular formula is C17H15FN4. The van der Waals surface area contributed by atoms with Crippen LogP contribution in [0.15, 0.2) is 54.7 Å². The van der Waals surface area contributed by atoms with Crippen molar-refractivity contribution < 1.29 is 4.39 Å². The Balaban J connectivity index is 0.00000144. The van der Waals surface area contributed by atoms with Gasteiger partial charge in [-0.3, -0.25) is 4.40 Å². The molecule has 2 heterocycles. The van der Waals surface area contributed by atoms with E-state index in [0.29, 0.717) is 17.0 Å². The normalized spacial score (nSPS) is 10.8. The van der Waals surface area contributed by atoms with E-state index in [1.165, 1.54) is 6.07 Å². The van der Waals surface area contributed by atoms with Crippen molar-refractivity contribution in [1.29, 1.82) is 0 Å². The molecule has 2 aromatic heterocycles. The number of aromatic nitrogens is 3. The molecule has 0 amide bonds. The van der Waals surface area contributed by atoms with Crippen molar-refractivity contribution in [3.8, 4) is 11.3 Å². The summed E-state index contributed by atoms with van der Waals surface area (Å²) >= 11 is 0. The summed E-state index contributed by atoms with van der Waals surface area (Å²) in [6.45, 7) is 0. The number of rotatable bonds is 1. The van der Waals surface area contributed by atoms with Crippen molar-refractivity contribution in [3.63, 3.8) is 0 Å². The van der Waals surface area contributed by atoms with E-state index in [2.05, 4.69) is 9.97 Å². The molecule has 0 bridgehead atoms. The van der Waals surface area contributed by atoms with Gasteiger partial charge in [0.25, 0.3) is 0 Å². The highest BCUT2D eigenvalue weighted by Crippen LogP contribution is 2.23. The molecule has 2 aromatic carbocycles. The monoisotopic (exact) mass is 294 g/mol. The van der Waals surface area contributed by atoms with E-state index in [0.717, 1.165) is 11.0 Å². The number of fused-ring (bicyclic) bond motifs is 3. The van der Waals surface area contributed by atoms with Gasteiger partial charge >= 0.3 is 0 Å². The molecule has 0 radical (unpaired) electrons. The number of para-hydroxylation sites is 2. The number of hydrogen-bond acceptors (Lipinski definition) is 3. The third kappa shape index (κ3) is 2.07. The summed E-state index contributed by atoms with van der Waals surface area (Å²) in [7, 11) is 0. The Morgan fingerprint density at radius 2 is 1.82 bits per heavy atom. The standard InChI is InChI=1S/C16H11FN4.CH4/c17-11-9-10(5-6-12(11)18)13-7-8-21-15-4-2-1-3-14(15)20-16(21)19-13;/h1-9H,18H2;1H4. The summed E-state index contributed by atoms with van der Waals surface area (Å²) in [6.07, 6.45) is 1.89. The van der Waals surface area contributed by atoms with E-state index < -0.39 is 5.82 Å². The second-order valence-electron chi connectivity index (χ2n) is 4.82. The number of nitrogens with zero attached hydrogens (tertiary/aromatic N) is 3. The van der Waals surface area contributed by atoms with Gasteiger partial charge in [-0.15, -0.1) is 0 Å². The van der Waals surface area contributed by atoms with Crippen molar-refractivity contribution in [2.45, 2.75) is 7.43 Å². The first-order valence-corrected chi connectivity index (χ1v) is 6.51. The smallest absolute Gasteiger partial charge is 0.235 e. The van der Waals surface area contributed by atoms with Crippen LogP contribution in [-0.4, -0.2) is 14.4 Å². The summed E-state index contributed by atoms with van der Waals surface area (Å²) in [5.74, 6) is 0.147. The summed E-state index contributed by atoms with van der Waals surface area (Å²) in [4.78, 5) is 8.97. The molecule has 0 atom stereocenters. The lowest BCUT2D eigenvalue weighted by Crippen LogP contribution is -1.94. The average molecular weight is 294 g/mol. The van der Waals surface area contributed by atoms with E-state index in [1.807, 2.05) is 40.9 Å². The predicted octanol–water partition coefficient (Wildman–Crippen LogP) is 3.91. The fraction of sp³-hybridized carbons (Fsp3) is 0.0588. The maximum absolute atomic E-state index is 13.6. The minimum atomic E-state index is -0.442. The molecule has 0 aliphatic heterocycles. The van der Waals surface area contributed by atoms with E-state index in [1.54, 1.807) is 12.1 Å². The van der Waals surface area contributed by atoms with Crippen molar-refractivity contribution in [2.75, 3.05) is 5.73 Å². The van der Waals surface area contributed by atoms with Crippen molar-refractivity contribution in [3.05, 3.63) is 60.5 Å². The molecule has 4 rings (SSSR count). The lowest BCUT2D eigenvalue weighted by Gasteiger charge is -2.03. The van der Waals surface area contributed by atoms with E-state index in [-0.39, 0.29) is 13.1 Å². The fourth-order valence-corrected chi connectivity index (χ4v) is 2.39. The zero-order valence-electron chi connectivity index (χ0n) is 11.0. The molecule has 5 heteroatoms. The molecule has 0 saturated carbocycles. The Morgan fingerprint density at radius 3 is 2.64 bits per heavy atom. The van der Waals surface area contributed by atoms with Crippen LogP contribution in [0.5, 0.6) is 0 Å². The van der Waals surface area contributed by atoms with E-state index in [4.69, 9.17) is 5.73 Å². The highest BCUT2D eigenvalue weighted by Gasteiger charge is 2.08. The van der Waals surface area contributed by atoms with E-state index >= 15 is 0 Å². The Kier molecular flexibility index (Phi) is 3.25. The minimum absolute atomic E-state index is 0. The number of hydrogen-bond donors (Lipinski definition) is 1. The minimum Gasteiger partial charge on any atom is -0.396 e. The number of imidazole rings is 1. The first kappa shape index (κ1) is 14.0. The average Bonchev–Trinajstić information content (AvgIpc) is 2.87. The molecular weight excluding hydrogens is 279 g/mol. The molecule has 0 fully saturated rings. The molecule has 0 spiro atoms. The topological polar surface area (TPSA) is 56.2 Å². The fourth-order valence-electron chi connectivity index (χ4n) is 2.39. The van der Waals surface area contributed by atoms with Gasteiger partial charge in [-0.25, -0.2) is 14.4 Å². The molecule has 22 heavy (non-hydrogen) atoms. The largest absolute Gasteiger partial charge is 0.396 e. The van der Waals surface area contributed by atoms with Crippen LogP contribution in [0.1, 0.15) is 7.43 Å². The number of benzene rings is 2. The van der Waals surface area contributed by atoms with Crippen LogP contribution in [-0.2, 0) is 0 Å². The molecule has 0 aliphatic rings. The zero-order valence-corrected chi connectivity index (χ0v) is 11.0. The van der Waals surface area contributed by atoms with Crippen LogP contribution < -0.4 is 5.73 Å². The number of anilines is 1. The summed E-state index contributed by atoms with van der Waals surface area (Å²) in [5, 5.41) is 0. The van der Waals surface area contributed by atoms with Gasteiger partial charge in [0.2, 0.25) is 5.78 Å². The predicted molar refractivity (Wildman–Crippen MR) is 87.0 cm³/mol. The SMILES string of the molecule is C.Nc1ccc(-c2ccn3c(n2)nc2ccccc23)cc1F. The first-order valence-electron chi connectivity index (χ1n) is 6.51. The van der Waals surface area contributed by atoms with Gasteiger partial charge in [-0.05, 0) is 30.3 Å². The van der Waals surface area contributed by atoms with Gasteiger partial charge in [0.15, 0.2) is 0 Å². The molecule has 0 saturated heterocycles. The van der Waals surface area contributed by atoms with Crippen LogP contribution >= 0.6 is 0 Å². The van der Waals surface area contributed by atoms with Crippen LogP contribution in [0.3, 0.4) is 0 Å². The van der Waals surface area contributed by atoms with Gasteiger partial charge in [-0.2, -0.15) is 0 Å². The lowest BCUT2D eigenvalue weighted by atomic mass is 10.1. The number of nitrogen functional groups attached to an aromatic ring is 1. The lowest BCUT2D eigenvalue weighted by molar-refractivity contribution is 0.633. The van der Waals surface area contributed by atoms with E-state index in [9.17, 15) is 4.39 Å². The molecule has 0 aliphatic carbocycles. The van der Waals surface area contributed by atoms with Gasteiger partial charge in [-0.1, -0.05) is 25.6 Å². The molecule has 2 N–H and O–H groups in total. The highest BCUT2D eigenvalue weighted by atomic mass is 19.1.